The van der Waals surface area contributed by atoms with Crippen LogP contribution < -0.4 is 16.4 Å². The second-order valence-electron chi connectivity index (χ2n) is 8.40. The van der Waals surface area contributed by atoms with Crippen molar-refractivity contribution in [1.29, 1.82) is 0 Å². The van der Waals surface area contributed by atoms with E-state index in [2.05, 4.69) is 15.6 Å². The molecule has 3 heterocycles. The van der Waals surface area contributed by atoms with E-state index in [4.69, 9.17) is 5.73 Å². The van der Waals surface area contributed by atoms with Crippen LogP contribution in [0.4, 0.5) is 19.7 Å². The maximum Gasteiger partial charge on any atom is 0.214 e. The molecule has 0 spiro atoms. The average molecular weight is 556 g/mol. The Morgan fingerprint density at radius 3 is 2.56 bits per heavy atom. The molecule has 0 aliphatic carbocycles. The van der Waals surface area contributed by atoms with Crippen LogP contribution in [0.15, 0.2) is 35.7 Å². The third kappa shape index (κ3) is 6.45. The highest BCUT2D eigenvalue weighted by Gasteiger charge is 2.29. The van der Waals surface area contributed by atoms with Crippen molar-refractivity contribution in [3.8, 4) is 0 Å². The molecule has 0 amide bonds. The molecule has 194 valence electrons. The summed E-state index contributed by atoms with van der Waals surface area (Å²) in [5.74, 6) is -2.81. The Bertz CT molecular complexity index is 1270. The number of piperidine rings is 1. The number of thiazole rings is 1. The molecule has 0 unspecified atom stereocenters. The Hall–Kier alpha value is -2.45. The lowest BCUT2D eigenvalue weighted by Gasteiger charge is -2.31. The first-order valence-corrected chi connectivity index (χ1v) is 14.8. The van der Waals surface area contributed by atoms with Gasteiger partial charge in [0.25, 0.3) is 0 Å². The van der Waals surface area contributed by atoms with E-state index in [1.54, 1.807) is 11.3 Å². The number of ketones is 1. The van der Waals surface area contributed by atoms with Crippen LogP contribution in [-0.2, 0) is 16.6 Å². The fraction of sp³-hybridized carbons (Fsp3) is 0.391. The van der Waals surface area contributed by atoms with Crippen molar-refractivity contribution in [2.24, 2.45) is 0 Å². The Balaban J connectivity index is 1.26. The van der Waals surface area contributed by atoms with Gasteiger partial charge in [0.1, 0.15) is 22.3 Å². The van der Waals surface area contributed by atoms with Crippen molar-refractivity contribution >= 4 is 49.4 Å². The molecule has 0 atom stereocenters. The van der Waals surface area contributed by atoms with E-state index in [1.807, 2.05) is 17.5 Å². The minimum atomic E-state index is -3.35. The summed E-state index contributed by atoms with van der Waals surface area (Å²) in [5.41, 5.74) is 5.19. The standard InChI is InChI=1S/C23H27F2N5O3S3/c24-17-5-1-6-18(25)19(17)20(31)21-22(26)29-23(35-21)28-15-7-10-30(11-8-15)36(32,33)13-3-9-27-14-16-4-2-12-34-16/h1-2,4-6,12,15,27H,3,7-11,13-14,26H2,(H,28,29). The molecule has 0 bridgehead atoms. The largest absolute Gasteiger partial charge is 0.382 e. The van der Waals surface area contributed by atoms with E-state index in [-0.39, 0.29) is 22.5 Å². The molecule has 3 aromatic rings. The zero-order chi connectivity index (χ0) is 25.7. The molecule has 2 aromatic heterocycles. The summed E-state index contributed by atoms with van der Waals surface area (Å²) in [5, 5.41) is 8.81. The van der Waals surface area contributed by atoms with Gasteiger partial charge in [-0.05, 0) is 49.4 Å². The number of nitrogen functional groups attached to an aromatic ring is 1. The molecule has 0 saturated carbocycles. The van der Waals surface area contributed by atoms with E-state index < -0.39 is 33.0 Å². The highest BCUT2D eigenvalue weighted by molar-refractivity contribution is 7.89. The van der Waals surface area contributed by atoms with Gasteiger partial charge in [-0.1, -0.05) is 23.5 Å². The molecule has 1 saturated heterocycles. The molecular formula is C23H27F2N5O3S3. The number of hydrogen-bond donors (Lipinski definition) is 3. The summed E-state index contributed by atoms with van der Waals surface area (Å²) in [4.78, 5) is 18.0. The number of carbonyl (C=O) groups excluding carboxylic acids is 1. The molecule has 4 rings (SSSR count). The number of nitrogens with zero attached hydrogens (tertiary/aromatic N) is 2. The van der Waals surface area contributed by atoms with Crippen LogP contribution in [0.3, 0.4) is 0 Å². The molecular weight excluding hydrogens is 528 g/mol. The molecule has 1 aliphatic rings. The number of anilines is 2. The van der Waals surface area contributed by atoms with Crippen LogP contribution in [0.25, 0.3) is 0 Å². The summed E-state index contributed by atoms with van der Waals surface area (Å²) in [6.45, 7) is 2.10. The highest BCUT2D eigenvalue weighted by atomic mass is 32.2. The number of hydrogen-bond acceptors (Lipinski definition) is 9. The fourth-order valence-electron chi connectivity index (χ4n) is 3.97. The lowest BCUT2D eigenvalue weighted by Crippen LogP contribution is -2.43. The van der Waals surface area contributed by atoms with E-state index in [0.29, 0.717) is 44.0 Å². The van der Waals surface area contributed by atoms with Crippen molar-refractivity contribution in [2.45, 2.75) is 31.8 Å². The predicted molar refractivity (Wildman–Crippen MR) is 139 cm³/mol. The van der Waals surface area contributed by atoms with E-state index >= 15 is 0 Å². The molecule has 13 heteroatoms. The van der Waals surface area contributed by atoms with Gasteiger partial charge >= 0.3 is 0 Å². The number of aromatic nitrogens is 1. The van der Waals surface area contributed by atoms with Gasteiger partial charge in [-0.3, -0.25) is 4.79 Å². The first-order chi connectivity index (χ1) is 17.2. The maximum atomic E-state index is 14.0. The Morgan fingerprint density at radius 2 is 1.89 bits per heavy atom. The van der Waals surface area contributed by atoms with Gasteiger partial charge in [0.05, 0.1) is 11.3 Å². The van der Waals surface area contributed by atoms with E-state index in [0.717, 1.165) is 30.0 Å². The lowest BCUT2D eigenvalue weighted by atomic mass is 10.1. The van der Waals surface area contributed by atoms with Crippen molar-refractivity contribution < 1.29 is 22.0 Å². The lowest BCUT2D eigenvalue weighted by molar-refractivity contribution is 0.103. The molecule has 1 fully saturated rings. The zero-order valence-corrected chi connectivity index (χ0v) is 21.8. The minimum absolute atomic E-state index is 0.0470. The normalized spacial score (nSPS) is 15.3. The second-order valence-corrected chi connectivity index (χ2v) is 12.5. The highest BCUT2D eigenvalue weighted by Crippen LogP contribution is 2.30. The van der Waals surface area contributed by atoms with Gasteiger partial charge in [0.15, 0.2) is 5.13 Å². The van der Waals surface area contributed by atoms with Crippen LogP contribution in [0.2, 0.25) is 0 Å². The Kier molecular flexibility index (Phi) is 8.67. The van der Waals surface area contributed by atoms with Crippen LogP contribution >= 0.6 is 22.7 Å². The van der Waals surface area contributed by atoms with E-state index in [9.17, 15) is 22.0 Å². The van der Waals surface area contributed by atoms with Crippen molar-refractivity contribution in [3.05, 3.63) is 62.7 Å². The van der Waals surface area contributed by atoms with Crippen LogP contribution in [-0.4, -0.2) is 54.9 Å². The zero-order valence-electron chi connectivity index (χ0n) is 19.4. The van der Waals surface area contributed by atoms with Gasteiger partial charge < -0.3 is 16.4 Å². The molecule has 8 nitrogen and oxygen atoms in total. The van der Waals surface area contributed by atoms with Crippen molar-refractivity contribution in [1.82, 2.24) is 14.6 Å². The third-order valence-corrected chi connectivity index (χ3v) is 9.69. The molecule has 1 aliphatic heterocycles. The number of rotatable bonds is 11. The first kappa shape index (κ1) is 26.6. The predicted octanol–water partition coefficient (Wildman–Crippen LogP) is 3.68. The smallest absolute Gasteiger partial charge is 0.214 e. The summed E-state index contributed by atoms with van der Waals surface area (Å²) < 4.78 is 55.0. The number of benzene rings is 1. The maximum absolute atomic E-state index is 14.0. The van der Waals surface area contributed by atoms with Gasteiger partial charge in [-0.2, -0.15) is 0 Å². The first-order valence-electron chi connectivity index (χ1n) is 11.5. The fourth-order valence-corrected chi connectivity index (χ4v) is 7.09. The molecule has 4 N–H and O–H groups in total. The monoisotopic (exact) mass is 555 g/mol. The van der Waals surface area contributed by atoms with Gasteiger partial charge in [0.2, 0.25) is 15.8 Å². The summed E-state index contributed by atoms with van der Waals surface area (Å²) in [6, 6.07) is 7.16. The number of thiophene rings is 1. The number of nitrogens with two attached hydrogens (primary N) is 1. The molecule has 1 aromatic carbocycles. The molecule has 0 radical (unpaired) electrons. The topological polar surface area (TPSA) is 117 Å². The average Bonchev–Trinajstić information content (AvgIpc) is 3.48. The Labute approximate surface area is 216 Å². The number of nitrogens with one attached hydrogen (secondary N) is 2. The van der Waals surface area contributed by atoms with Crippen molar-refractivity contribution in [3.63, 3.8) is 0 Å². The summed E-state index contributed by atoms with van der Waals surface area (Å²) in [7, 11) is -3.35. The minimum Gasteiger partial charge on any atom is -0.382 e. The van der Waals surface area contributed by atoms with Crippen LogP contribution in [0.5, 0.6) is 0 Å². The van der Waals surface area contributed by atoms with Gasteiger partial charge in [-0.15, -0.1) is 11.3 Å². The second kappa shape index (κ2) is 11.7. The SMILES string of the molecule is Nc1nc(NC2CCN(S(=O)(=O)CCCNCc3cccs3)CC2)sc1C(=O)c1c(F)cccc1F. The van der Waals surface area contributed by atoms with Gasteiger partial charge in [-0.25, -0.2) is 26.5 Å². The van der Waals surface area contributed by atoms with Crippen molar-refractivity contribution in [2.75, 3.05) is 36.4 Å². The summed E-state index contributed by atoms with van der Waals surface area (Å²) >= 11 is 2.59. The van der Waals surface area contributed by atoms with Crippen LogP contribution in [0.1, 0.15) is 39.4 Å². The van der Waals surface area contributed by atoms with Gasteiger partial charge in [0, 0.05) is 30.6 Å². The number of carbonyl (C=O) groups is 1. The van der Waals surface area contributed by atoms with E-state index in [1.165, 1.54) is 15.2 Å². The number of halogens is 2. The Morgan fingerprint density at radius 1 is 1.17 bits per heavy atom. The third-order valence-electron chi connectivity index (χ3n) is 5.86. The molecule has 36 heavy (non-hydrogen) atoms. The quantitative estimate of drug-likeness (QED) is 0.244. The summed E-state index contributed by atoms with van der Waals surface area (Å²) in [6.07, 6.45) is 1.64. The number of sulfonamides is 1. The van der Waals surface area contributed by atoms with Crippen LogP contribution in [0, 0.1) is 11.6 Å².